The average molecular weight is 481 g/mol. The predicted molar refractivity (Wildman–Crippen MR) is 130 cm³/mol. The molecule has 34 heavy (non-hydrogen) atoms. The van der Waals surface area contributed by atoms with Crippen molar-refractivity contribution in [3.63, 3.8) is 0 Å². The lowest BCUT2D eigenvalue weighted by Crippen LogP contribution is -2.42. The van der Waals surface area contributed by atoms with Crippen LogP contribution in [0.4, 0.5) is 8.78 Å². The number of nitrogens with zero attached hydrogens (tertiary/aromatic N) is 1. The van der Waals surface area contributed by atoms with Gasteiger partial charge in [-0.15, -0.1) is 0 Å². The first-order chi connectivity index (χ1) is 16.3. The van der Waals surface area contributed by atoms with E-state index in [0.29, 0.717) is 22.9 Å². The molecule has 1 fully saturated rings. The van der Waals surface area contributed by atoms with Crippen molar-refractivity contribution in [1.82, 2.24) is 4.90 Å². The minimum Gasteiger partial charge on any atom is -0.459 e. The molecule has 5 rings (SSSR count). The number of piperidine rings is 1. The van der Waals surface area contributed by atoms with Gasteiger partial charge >= 0.3 is 0 Å². The van der Waals surface area contributed by atoms with Crippen LogP contribution in [0.3, 0.4) is 0 Å². The quantitative estimate of drug-likeness (QED) is 0.351. The number of carbonyl (C=O) groups excluding carboxylic acids is 1. The van der Waals surface area contributed by atoms with Gasteiger partial charge in [-0.2, -0.15) is 0 Å². The SMILES string of the molecule is NCc1cc2cc(-c3ccc(C(=O)N4CCC(F)(F)CC4)cc3)cc(-c3ccc(Cl)cc3)c2o1. The molecule has 4 aromatic rings. The number of amides is 1. The fourth-order valence-electron chi connectivity index (χ4n) is 4.34. The number of benzene rings is 3. The lowest BCUT2D eigenvalue weighted by atomic mass is 9.96. The second-order valence-corrected chi connectivity index (χ2v) is 9.03. The molecule has 2 N–H and O–H groups in total. The summed E-state index contributed by atoms with van der Waals surface area (Å²) in [4.78, 5) is 14.3. The monoisotopic (exact) mass is 480 g/mol. The van der Waals surface area contributed by atoms with Crippen molar-refractivity contribution in [3.8, 4) is 22.3 Å². The molecule has 4 nitrogen and oxygen atoms in total. The van der Waals surface area contributed by atoms with E-state index in [9.17, 15) is 13.6 Å². The van der Waals surface area contributed by atoms with Crippen LogP contribution < -0.4 is 5.73 Å². The van der Waals surface area contributed by atoms with Gasteiger partial charge in [0, 0.05) is 47.5 Å². The first-order valence-electron chi connectivity index (χ1n) is 11.1. The fraction of sp³-hybridized carbons (Fsp3) is 0.222. The Morgan fingerprint density at radius 2 is 1.59 bits per heavy atom. The number of hydrogen-bond acceptors (Lipinski definition) is 3. The summed E-state index contributed by atoms with van der Waals surface area (Å²) in [5.41, 5.74) is 10.8. The molecule has 0 spiro atoms. The second-order valence-electron chi connectivity index (χ2n) is 8.59. The van der Waals surface area contributed by atoms with Crippen LogP contribution in [0.15, 0.2) is 71.1 Å². The standard InChI is InChI=1S/C27H23ClF2N2O2/c28-22-7-5-18(6-8-22)24-15-20(13-21-14-23(16-31)34-25(21)24)17-1-3-19(4-2-17)26(33)32-11-9-27(29,30)10-12-32/h1-8,13-15H,9-12,16,31H2. The van der Waals surface area contributed by atoms with Crippen molar-refractivity contribution >= 4 is 28.5 Å². The Labute approximate surface area is 200 Å². The van der Waals surface area contributed by atoms with E-state index in [-0.39, 0.29) is 31.8 Å². The molecule has 1 aliphatic rings. The molecule has 0 bridgehead atoms. The lowest BCUT2D eigenvalue weighted by molar-refractivity contribution is -0.0494. The van der Waals surface area contributed by atoms with Gasteiger partial charge in [-0.05, 0) is 59.2 Å². The Hall–Kier alpha value is -3.22. The number of hydrogen-bond donors (Lipinski definition) is 1. The molecule has 1 aliphatic heterocycles. The number of fused-ring (bicyclic) bond motifs is 1. The molecular weight excluding hydrogens is 458 g/mol. The number of halogens is 3. The fourth-order valence-corrected chi connectivity index (χ4v) is 4.47. The van der Waals surface area contributed by atoms with Gasteiger partial charge in [-0.25, -0.2) is 8.78 Å². The Morgan fingerprint density at radius 3 is 2.24 bits per heavy atom. The summed E-state index contributed by atoms with van der Waals surface area (Å²) in [6.07, 6.45) is -0.584. The summed E-state index contributed by atoms with van der Waals surface area (Å²) in [7, 11) is 0. The molecule has 7 heteroatoms. The number of nitrogens with two attached hydrogens (primary N) is 1. The molecule has 0 unspecified atom stereocenters. The lowest BCUT2D eigenvalue weighted by Gasteiger charge is -2.31. The highest BCUT2D eigenvalue weighted by atomic mass is 35.5. The number of rotatable bonds is 4. The summed E-state index contributed by atoms with van der Waals surface area (Å²) in [5, 5.41) is 1.58. The third kappa shape index (κ3) is 4.43. The Bertz CT molecular complexity index is 1340. The molecule has 3 aromatic carbocycles. The first-order valence-corrected chi connectivity index (χ1v) is 11.5. The van der Waals surface area contributed by atoms with Crippen molar-refractivity contribution in [2.24, 2.45) is 5.73 Å². The van der Waals surface area contributed by atoms with Crippen LogP contribution in [0.2, 0.25) is 5.02 Å². The normalized spacial score (nSPS) is 15.6. The van der Waals surface area contributed by atoms with E-state index < -0.39 is 5.92 Å². The Kier molecular flexibility index (Phi) is 5.88. The molecule has 1 amide bonds. The highest BCUT2D eigenvalue weighted by Gasteiger charge is 2.35. The van der Waals surface area contributed by atoms with Gasteiger partial charge in [0.05, 0.1) is 6.54 Å². The maximum atomic E-state index is 13.4. The van der Waals surface area contributed by atoms with E-state index in [1.165, 1.54) is 4.90 Å². The van der Waals surface area contributed by atoms with Crippen LogP contribution in [0.1, 0.15) is 29.0 Å². The van der Waals surface area contributed by atoms with Crippen LogP contribution in [0.25, 0.3) is 33.2 Å². The Morgan fingerprint density at radius 1 is 0.941 bits per heavy atom. The van der Waals surface area contributed by atoms with Crippen molar-refractivity contribution in [2.75, 3.05) is 13.1 Å². The number of likely N-dealkylation sites (tertiary alicyclic amines) is 1. The van der Waals surface area contributed by atoms with Gasteiger partial charge in [0.25, 0.3) is 11.8 Å². The third-order valence-electron chi connectivity index (χ3n) is 6.27. The van der Waals surface area contributed by atoms with E-state index in [4.69, 9.17) is 21.8 Å². The second kappa shape index (κ2) is 8.85. The molecule has 2 heterocycles. The predicted octanol–water partition coefficient (Wildman–Crippen LogP) is 6.75. The van der Waals surface area contributed by atoms with Crippen LogP contribution in [-0.4, -0.2) is 29.8 Å². The third-order valence-corrected chi connectivity index (χ3v) is 6.52. The number of furan rings is 1. The van der Waals surface area contributed by atoms with Crippen molar-refractivity contribution < 1.29 is 18.0 Å². The van der Waals surface area contributed by atoms with Gasteiger partial charge in [0.1, 0.15) is 11.3 Å². The maximum Gasteiger partial charge on any atom is 0.253 e. The minimum absolute atomic E-state index is 0.0681. The molecule has 1 aromatic heterocycles. The molecule has 0 atom stereocenters. The largest absolute Gasteiger partial charge is 0.459 e. The van der Waals surface area contributed by atoms with E-state index in [1.54, 1.807) is 12.1 Å². The molecule has 0 saturated carbocycles. The van der Waals surface area contributed by atoms with E-state index in [1.807, 2.05) is 54.6 Å². The zero-order chi connectivity index (χ0) is 23.9. The van der Waals surface area contributed by atoms with Gasteiger partial charge in [0.2, 0.25) is 0 Å². The zero-order valence-electron chi connectivity index (χ0n) is 18.4. The maximum absolute atomic E-state index is 13.4. The van der Waals surface area contributed by atoms with Gasteiger partial charge < -0.3 is 15.1 Å². The number of carbonyl (C=O) groups is 1. The summed E-state index contributed by atoms with van der Waals surface area (Å²) in [6.45, 7) is 0.431. The smallest absolute Gasteiger partial charge is 0.253 e. The summed E-state index contributed by atoms with van der Waals surface area (Å²) in [5.74, 6) is -2.21. The molecule has 1 saturated heterocycles. The molecule has 174 valence electrons. The van der Waals surface area contributed by atoms with Crippen LogP contribution in [0.5, 0.6) is 0 Å². The van der Waals surface area contributed by atoms with Crippen molar-refractivity contribution in [2.45, 2.75) is 25.3 Å². The summed E-state index contributed by atoms with van der Waals surface area (Å²) in [6, 6.07) is 20.8. The average Bonchev–Trinajstić information content (AvgIpc) is 3.27. The van der Waals surface area contributed by atoms with Gasteiger partial charge in [-0.3, -0.25) is 4.79 Å². The van der Waals surface area contributed by atoms with Gasteiger partial charge in [0.15, 0.2) is 0 Å². The number of alkyl halides is 2. The van der Waals surface area contributed by atoms with E-state index >= 15 is 0 Å². The minimum atomic E-state index is -2.68. The van der Waals surface area contributed by atoms with E-state index in [0.717, 1.165) is 33.2 Å². The first kappa shape index (κ1) is 22.6. The summed E-state index contributed by atoms with van der Waals surface area (Å²) >= 11 is 6.07. The van der Waals surface area contributed by atoms with E-state index in [2.05, 4.69) is 0 Å². The summed E-state index contributed by atoms with van der Waals surface area (Å²) < 4.78 is 32.9. The van der Waals surface area contributed by atoms with Crippen LogP contribution in [0, 0.1) is 0 Å². The highest BCUT2D eigenvalue weighted by Crippen LogP contribution is 2.36. The topological polar surface area (TPSA) is 59.5 Å². The highest BCUT2D eigenvalue weighted by molar-refractivity contribution is 6.30. The van der Waals surface area contributed by atoms with Crippen LogP contribution in [-0.2, 0) is 6.54 Å². The Balaban J connectivity index is 1.48. The zero-order valence-corrected chi connectivity index (χ0v) is 19.1. The van der Waals surface area contributed by atoms with Crippen LogP contribution >= 0.6 is 11.6 Å². The van der Waals surface area contributed by atoms with Crippen molar-refractivity contribution in [1.29, 1.82) is 0 Å². The molecule has 0 aliphatic carbocycles. The molecular formula is C27H23ClF2N2O2. The van der Waals surface area contributed by atoms with Gasteiger partial charge in [-0.1, -0.05) is 35.9 Å². The van der Waals surface area contributed by atoms with Crippen molar-refractivity contribution in [3.05, 3.63) is 83.1 Å². The molecule has 0 radical (unpaired) electrons.